The van der Waals surface area contributed by atoms with Crippen molar-refractivity contribution in [2.24, 2.45) is 20.5 Å². The molecule has 0 N–H and O–H groups in total. The summed E-state index contributed by atoms with van der Waals surface area (Å²) in [6.45, 7) is 14.2. The number of nitro benzene ring substituents is 1. The van der Waals surface area contributed by atoms with Gasteiger partial charge in [-0.15, -0.1) is 10.2 Å². The highest BCUT2D eigenvalue weighted by Gasteiger charge is 2.18. The Hall–Kier alpha value is -5.66. The van der Waals surface area contributed by atoms with Crippen LogP contribution in [0.15, 0.2) is 105 Å². The predicted octanol–water partition coefficient (Wildman–Crippen LogP) is 7.60. The summed E-state index contributed by atoms with van der Waals surface area (Å²) in [4.78, 5) is 35.5. The third kappa shape index (κ3) is 11.0. The molecule has 47 heavy (non-hydrogen) atoms. The van der Waals surface area contributed by atoms with Crippen LogP contribution in [0, 0.1) is 10.1 Å². The topological polar surface area (TPSA) is 167 Å². The van der Waals surface area contributed by atoms with Crippen LogP contribution in [-0.4, -0.2) is 61.3 Å². The minimum Gasteiger partial charge on any atom is -0.491 e. The lowest BCUT2D eigenvalue weighted by molar-refractivity contribution is -0.384. The molecule has 0 saturated carbocycles. The molecule has 0 atom stereocenters. The van der Waals surface area contributed by atoms with Gasteiger partial charge >= 0.3 is 11.9 Å². The number of rotatable bonds is 18. The number of azo groups is 2. The highest BCUT2D eigenvalue weighted by Crippen LogP contribution is 2.41. The summed E-state index contributed by atoms with van der Waals surface area (Å²) in [6, 6.07) is 9.05. The minimum atomic E-state index is -0.515. The first-order chi connectivity index (χ1) is 22.7. The van der Waals surface area contributed by atoms with Crippen molar-refractivity contribution in [3.8, 4) is 11.5 Å². The summed E-state index contributed by atoms with van der Waals surface area (Å²) < 4.78 is 22.0. The first-order valence-corrected chi connectivity index (χ1v) is 14.9. The van der Waals surface area contributed by atoms with Crippen molar-refractivity contribution in [2.75, 3.05) is 39.5 Å². The van der Waals surface area contributed by atoms with E-state index in [0.29, 0.717) is 67.7 Å². The van der Waals surface area contributed by atoms with Gasteiger partial charge in [0, 0.05) is 42.1 Å². The number of carbonyl (C=O) groups is 2. The highest BCUT2D eigenvalue weighted by atomic mass is 16.6. The van der Waals surface area contributed by atoms with Gasteiger partial charge in [-0.25, -0.2) is 9.59 Å². The number of non-ortho nitro benzene ring substituents is 1. The van der Waals surface area contributed by atoms with Crippen molar-refractivity contribution in [3.05, 3.63) is 94.9 Å². The van der Waals surface area contributed by atoms with Gasteiger partial charge in [0.1, 0.15) is 36.1 Å². The van der Waals surface area contributed by atoms with E-state index in [0.717, 1.165) is 29.1 Å². The van der Waals surface area contributed by atoms with Gasteiger partial charge in [0.15, 0.2) is 0 Å². The summed E-state index contributed by atoms with van der Waals surface area (Å²) in [6.07, 6.45) is 5.41. The van der Waals surface area contributed by atoms with Crippen molar-refractivity contribution in [1.29, 1.82) is 0 Å². The SMILES string of the molecule is C=CC(=O)OCCN(CCOC(=O)C=C)C1=CC(C)=C(/N=N/c2cc(OCC)c(/N=N/c3ccc([N+](=O)[O-])cc3)cc2OCC)CC1. The average Bonchev–Trinajstić information content (AvgIpc) is 3.07. The number of hydrogen-bond acceptors (Lipinski definition) is 13. The van der Waals surface area contributed by atoms with E-state index in [1.807, 2.05) is 31.7 Å². The van der Waals surface area contributed by atoms with Crippen LogP contribution in [0.2, 0.25) is 0 Å². The van der Waals surface area contributed by atoms with Gasteiger partial charge in [-0.05, 0) is 57.4 Å². The van der Waals surface area contributed by atoms with E-state index in [-0.39, 0.29) is 18.9 Å². The van der Waals surface area contributed by atoms with Crippen LogP contribution in [-0.2, 0) is 19.1 Å². The zero-order valence-electron chi connectivity index (χ0n) is 26.7. The minimum absolute atomic E-state index is 0.0438. The molecule has 14 heteroatoms. The second-order valence-corrected chi connectivity index (χ2v) is 9.82. The maximum absolute atomic E-state index is 11.5. The zero-order chi connectivity index (χ0) is 34.2. The molecule has 2 aromatic carbocycles. The van der Waals surface area contributed by atoms with Crippen molar-refractivity contribution >= 4 is 34.7 Å². The lowest BCUT2D eigenvalue weighted by Gasteiger charge is -2.29. The normalized spacial score (nSPS) is 12.9. The first-order valence-electron chi connectivity index (χ1n) is 14.9. The molecular weight excluding hydrogens is 608 g/mol. The molecule has 0 radical (unpaired) electrons. The van der Waals surface area contributed by atoms with E-state index in [1.165, 1.54) is 24.3 Å². The van der Waals surface area contributed by atoms with E-state index >= 15 is 0 Å². The van der Waals surface area contributed by atoms with E-state index in [2.05, 4.69) is 33.6 Å². The predicted molar refractivity (Wildman–Crippen MR) is 174 cm³/mol. The second-order valence-electron chi connectivity index (χ2n) is 9.82. The van der Waals surface area contributed by atoms with Crippen molar-refractivity contribution < 1.29 is 33.5 Å². The summed E-state index contributed by atoms with van der Waals surface area (Å²) >= 11 is 0. The molecule has 0 heterocycles. The lowest BCUT2D eigenvalue weighted by Crippen LogP contribution is -2.32. The zero-order valence-corrected chi connectivity index (χ0v) is 26.7. The van der Waals surface area contributed by atoms with Gasteiger partial charge in [0.2, 0.25) is 0 Å². The Morgan fingerprint density at radius 2 is 1.40 bits per heavy atom. The fraction of sp³-hybridized carbons (Fsp3) is 0.333. The number of benzene rings is 2. The molecule has 0 aromatic heterocycles. The maximum Gasteiger partial charge on any atom is 0.330 e. The third-order valence-corrected chi connectivity index (χ3v) is 6.66. The monoisotopic (exact) mass is 646 g/mol. The molecule has 14 nitrogen and oxygen atoms in total. The number of nitrogens with zero attached hydrogens (tertiary/aromatic N) is 6. The fourth-order valence-corrected chi connectivity index (χ4v) is 4.36. The van der Waals surface area contributed by atoms with Crippen LogP contribution in [0.3, 0.4) is 0 Å². The largest absolute Gasteiger partial charge is 0.491 e. The Morgan fingerprint density at radius 3 is 1.87 bits per heavy atom. The van der Waals surface area contributed by atoms with Crippen LogP contribution >= 0.6 is 0 Å². The number of allylic oxidation sites excluding steroid dienone is 4. The summed E-state index contributed by atoms with van der Waals surface area (Å²) in [7, 11) is 0. The second kappa shape index (κ2) is 18.3. The standard InChI is InChI=1S/C33H38N6O8/c1-6-32(40)46-18-16-38(17-19-47-33(41)7-2)26-14-15-27(23(5)20-26)35-37-29-22-30(44-8-3)28(21-31(29)45-9-4)36-34-24-10-12-25(13-11-24)39(42)43/h6-7,10-13,20-22H,1-2,8-9,14-19H2,3-5H3/b36-34+,37-35+. The van der Waals surface area contributed by atoms with Crippen LogP contribution in [0.25, 0.3) is 0 Å². The molecule has 2 aromatic rings. The van der Waals surface area contributed by atoms with E-state index in [9.17, 15) is 19.7 Å². The molecule has 1 aliphatic rings. The van der Waals surface area contributed by atoms with E-state index < -0.39 is 16.9 Å². The van der Waals surface area contributed by atoms with E-state index in [1.54, 1.807) is 12.1 Å². The van der Waals surface area contributed by atoms with Gasteiger partial charge in [-0.1, -0.05) is 13.2 Å². The summed E-state index contributed by atoms with van der Waals surface area (Å²) in [5.41, 5.74) is 3.86. The quantitative estimate of drug-likeness (QED) is 0.0520. The third-order valence-electron chi connectivity index (χ3n) is 6.66. The van der Waals surface area contributed by atoms with Crippen LogP contribution in [0.4, 0.5) is 22.7 Å². The molecule has 0 bridgehead atoms. The van der Waals surface area contributed by atoms with Gasteiger partial charge in [-0.2, -0.15) is 10.2 Å². The molecule has 0 saturated heterocycles. The van der Waals surface area contributed by atoms with Crippen molar-refractivity contribution in [1.82, 2.24) is 4.90 Å². The Kier molecular flexibility index (Phi) is 14.0. The van der Waals surface area contributed by atoms with Gasteiger partial charge in [-0.3, -0.25) is 10.1 Å². The van der Waals surface area contributed by atoms with Crippen molar-refractivity contribution in [3.63, 3.8) is 0 Å². The Balaban J connectivity index is 1.85. The molecule has 0 aliphatic heterocycles. The molecular formula is C33H38N6O8. The van der Waals surface area contributed by atoms with Gasteiger partial charge in [0.05, 0.1) is 42.6 Å². The van der Waals surface area contributed by atoms with Gasteiger partial charge in [0.25, 0.3) is 5.69 Å². The number of nitro groups is 1. The molecule has 0 amide bonds. The molecule has 1 aliphatic carbocycles. The Bertz CT molecular complexity index is 1550. The summed E-state index contributed by atoms with van der Waals surface area (Å²) in [5, 5.41) is 28.5. The van der Waals surface area contributed by atoms with Crippen LogP contribution < -0.4 is 9.47 Å². The Labute approximate surface area is 272 Å². The van der Waals surface area contributed by atoms with Crippen LogP contribution in [0.5, 0.6) is 11.5 Å². The Morgan fingerprint density at radius 1 is 0.872 bits per heavy atom. The first kappa shape index (κ1) is 35.8. The smallest absolute Gasteiger partial charge is 0.330 e. The molecule has 0 fully saturated rings. The summed E-state index contributed by atoms with van der Waals surface area (Å²) in [5.74, 6) is -0.188. The lowest BCUT2D eigenvalue weighted by atomic mass is 10.0. The maximum atomic E-state index is 11.5. The molecule has 248 valence electrons. The number of hydrogen-bond donors (Lipinski definition) is 0. The molecule has 0 spiro atoms. The highest BCUT2D eigenvalue weighted by molar-refractivity contribution is 5.81. The number of esters is 2. The van der Waals surface area contributed by atoms with Crippen LogP contribution in [0.1, 0.15) is 33.6 Å². The number of carbonyl (C=O) groups excluding carboxylic acids is 2. The fourth-order valence-electron chi connectivity index (χ4n) is 4.36. The van der Waals surface area contributed by atoms with Gasteiger partial charge < -0.3 is 23.8 Å². The number of ether oxygens (including phenoxy) is 4. The molecule has 3 rings (SSSR count). The van der Waals surface area contributed by atoms with E-state index in [4.69, 9.17) is 18.9 Å². The molecule has 0 unspecified atom stereocenters. The van der Waals surface area contributed by atoms with Crippen molar-refractivity contribution in [2.45, 2.75) is 33.6 Å². The average molecular weight is 647 g/mol.